The van der Waals surface area contributed by atoms with E-state index in [9.17, 15) is 9.59 Å². The van der Waals surface area contributed by atoms with Crippen molar-refractivity contribution in [1.82, 2.24) is 10.6 Å². The Balaban J connectivity index is 4.29. The van der Waals surface area contributed by atoms with Crippen molar-refractivity contribution in [1.29, 1.82) is 0 Å². The van der Waals surface area contributed by atoms with Gasteiger partial charge < -0.3 is 15.7 Å². The Bertz CT molecular complexity index is 306. The third-order valence-corrected chi connectivity index (χ3v) is 3.22. The fraction of sp³-hybridized carbons (Fsp3) is 0.714. The van der Waals surface area contributed by atoms with Gasteiger partial charge >= 0.3 is 12.0 Å². The molecule has 5 heteroatoms. The average molecular weight is 270 g/mol. The van der Waals surface area contributed by atoms with Gasteiger partial charge in [0, 0.05) is 6.54 Å². The standard InChI is InChI=1S/C14H26N2O3/c1-6-7-12(13(17)18)16-14(19)15-8-11(9(2)3)10(4)5/h6,9-12H,1,7-8H2,2-5H3,(H,17,18)(H2,15,16,19). The number of rotatable bonds is 8. The van der Waals surface area contributed by atoms with Gasteiger partial charge in [0.1, 0.15) is 6.04 Å². The zero-order valence-electron chi connectivity index (χ0n) is 12.3. The molecule has 0 spiro atoms. The zero-order chi connectivity index (χ0) is 15.0. The molecule has 3 N–H and O–H groups in total. The number of aliphatic carboxylic acids is 1. The number of carboxylic acids is 1. The minimum absolute atomic E-state index is 0.209. The molecule has 5 nitrogen and oxygen atoms in total. The van der Waals surface area contributed by atoms with Gasteiger partial charge in [-0.1, -0.05) is 33.8 Å². The van der Waals surface area contributed by atoms with E-state index < -0.39 is 18.0 Å². The maximum absolute atomic E-state index is 11.7. The first kappa shape index (κ1) is 17.5. The second-order valence-corrected chi connectivity index (χ2v) is 5.42. The van der Waals surface area contributed by atoms with Gasteiger partial charge in [-0.3, -0.25) is 0 Å². The van der Waals surface area contributed by atoms with Gasteiger partial charge in [0.05, 0.1) is 0 Å². The quantitative estimate of drug-likeness (QED) is 0.592. The molecule has 19 heavy (non-hydrogen) atoms. The lowest BCUT2D eigenvalue weighted by molar-refractivity contribution is -0.139. The molecule has 0 aromatic heterocycles. The Hall–Kier alpha value is -1.52. The number of urea groups is 1. The lowest BCUT2D eigenvalue weighted by Gasteiger charge is -2.25. The van der Waals surface area contributed by atoms with Crippen LogP contribution in [-0.4, -0.2) is 29.7 Å². The summed E-state index contributed by atoms with van der Waals surface area (Å²) in [6, 6.07) is -1.37. The van der Waals surface area contributed by atoms with Crippen LogP contribution in [0.4, 0.5) is 4.79 Å². The first-order valence-corrected chi connectivity index (χ1v) is 6.67. The summed E-state index contributed by atoms with van der Waals surface area (Å²) in [7, 11) is 0. The van der Waals surface area contributed by atoms with Crippen LogP contribution < -0.4 is 10.6 Å². The largest absolute Gasteiger partial charge is 0.480 e. The Morgan fingerprint density at radius 1 is 1.21 bits per heavy atom. The maximum atomic E-state index is 11.7. The van der Waals surface area contributed by atoms with E-state index >= 15 is 0 Å². The van der Waals surface area contributed by atoms with Crippen molar-refractivity contribution in [2.45, 2.75) is 40.2 Å². The normalized spacial score (nSPS) is 12.6. The van der Waals surface area contributed by atoms with E-state index in [4.69, 9.17) is 5.11 Å². The number of hydrogen-bond donors (Lipinski definition) is 3. The summed E-state index contributed by atoms with van der Waals surface area (Å²) in [6.45, 7) is 12.5. The van der Waals surface area contributed by atoms with E-state index in [1.54, 1.807) is 0 Å². The highest BCUT2D eigenvalue weighted by atomic mass is 16.4. The molecule has 0 saturated carbocycles. The molecule has 0 aliphatic rings. The molecule has 0 heterocycles. The van der Waals surface area contributed by atoms with Gasteiger partial charge in [0.2, 0.25) is 0 Å². The number of hydrogen-bond acceptors (Lipinski definition) is 2. The van der Waals surface area contributed by atoms with Crippen molar-refractivity contribution in [3.8, 4) is 0 Å². The fourth-order valence-electron chi connectivity index (χ4n) is 2.05. The summed E-state index contributed by atoms with van der Waals surface area (Å²) >= 11 is 0. The molecule has 0 radical (unpaired) electrons. The van der Waals surface area contributed by atoms with Crippen LogP contribution in [0.1, 0.15) is 34.1 Å². The van der Waals surface area contributed by atoms with Crippen molar-refractivity contribution in [3.05, 3.63) is 12.7 Å². The SMILES string of the molecule is C=CCC(NC(=O)NCC(C(C)C)C(C)C)C(=O)O. The molecule has 0 aliphatic carbocycles. The highest BCUT2D eigenvalue weighted by molar-refractivity contribution is 5.82. The summed E-state index contributed by atoms with van der Waals surface area (Å²) in [5.41, 5.74) is 0. The molecule has 2 amide bonds. The van der Waals surface area contributed by atoms with Gasteiger partial charge in [-0.2, -0.15) is 0 Å². The Labute approximate surface area is 115 Å². The smallest absolute Gasteiger partial charge is 0.326 e. The monoisotopic (exact) mass is 270 g/mol. The molecular weight excluding hydrogens is 244 g/mol. The van der Waals surface area contributed by atoms with Crippen LogP contribution in [0.25, 0.3) is 0 Å². The van der Waals surface area contributed by atoms with Crippen LogP contribution in [-0.2, 0) is 4.79 Å². The summed E-state index contributed by atoms with van der Waals surface area (Å²) in [4.78, 5) is 22.6. The van der Waals surface area contributed by atoms with E-state index in [2.05, 4.69) is 44.9 Å². The molecule has 0 aromatic rings. The predicted octanol–water partition coefficient (Wildman–Crippen LogP) is 2.24. The predicted molar refractivity (Wildman–Crippen MR) is 75.9 cm³/mol. The number of carbonyl (C=O) groups is 2. The third kappa shape index (κ3) is 6.84. The molecular formula is C14H26N2O3. The molecule has 0 aromatic carbocycles. The highest BCUT2D eigenvalue weighted by Crippen LogP contribution is 2.19. The molecule has 0 rings (SSSR count). The van der Waals surface area contributed by atoms with Crippen molar-refractivity contribution in [3.63, 3.8) is 0 Å². The first-order chi connectivity index (χ1) is 8.79. The first-order valence-electron chi connectivity index (χ1n) is 6.67. The van der Waals surface area contributed by atoms with Crippen molar-refractivity contribution >= 4 is 12.0 Å². The second kappa shape index (κ2) is 8.56. The minimum atomic E-state index is -1.06. The Morgan fingerprint density at radius 2 is 1.74 bits per heavy atom. The van der Waals surface area contributed by atoms with Crippen LogP contribution in [0.2, 0.25) is 0 Å². The van der Waals surface area contributed by atoms with Crippen LogP contribution in [0.3, 0.4) is 0 Å². The highest BCUT2D eigenvalue weighted by Gasteiger charge is 2.21. The van der Waals surface area contributed by atoms with Crippen LogP contribution in [0.5, 0.6) is 0 Å². The molecule has 0 saturated heterocycles. The number of nitrogens with one attached hydrogen (secondary N) is 2. The van der Waals surface area contributed by atoms with Gasteiger partial charge in [-0.05, 0) is 24.2 Å². The van der Waals surface area contributed by atoms with Crippen LogP contribution in [0, 0.1) is 17.8 Å². The van der Waals surface area contributed by atoms with Crippen molar-refractivity contribution in [2.24, 2.45) is 17.8 Å². The van der Waals surface area contributed by atoms with Gasteiger partial charge in [-0.25, -0.2) is 9.59 Å². The van der Waals surface area contributed by atoms with Gasteiger partial charge in [-0.15, -0.1) is 6.58 Å². The molecule has 1 unspecified atom stereocenters. The van der Waals surface area contributed by atoms with Crippen molar-refractivity contribution in [2.75, 3.05) is 6.54 Å². The molecule has 0 aliphatic heterocycles. The Kier molecular flexibility index (Phi) is 7.87. The van der Waals surface area contributed by atoms with Crippen LogP contribution in [0.15, 0.2) is 12.7 Å². The summed E-state index contributed by atoms with van der Waals surface area (Å²) in [5, 5.41) is 14.1. The minimum Gasteiger partial charge on any atom is -0.480 e. The molecule has 0 bridgehead atoms. The summed E-state index contributed by atoms with van der Waals surface area (Å²) < 4.78 is 0. The molecule has 110 valence electrons. The van der Waals surface area contributed by atoms with E-state index in [0.717, 1.165) is 0 Å². The number of carbonyl (C=O) groups excluding carboxylic acids is 1. The van der Waals surface area contributed by atoms with Crippen LogP contribution >= 0.6 is 0 Å². The molecule has 1 atom stereocenters. The summed E-state index contributed by atoms with van der Waals surface area (Å²) in [5.74, 6) is 0.236. The summed E-state index contributed by atoms with van der Waals surface area (Å²) in [6.07, 6.45) is 1.69. The topological polar surface area (TPSA) is 78.4 Å². The van der Waals surface area contributed by atoms with Crippen molar-refractivity contribution < 1.29 is 14.7 Å². The van der Waals surface area contributed by atoms with E-state index in [-0.39, 0.29) is 6.42 Å². The van der Waals surface area contributed by atoms with E-state index in [1.165, 1.54) is 6.08 Å². The van der Waals surface area contributed by atoms with E-state index in [0.29, 0.717) is 24.3 Å². The van der Waals surface area contributed by atoms with E-state index in [1.807, 2.05) is 0 Å². The zero-order valence-corrected chi connectivity index (χ0v) is 12.3. The van der Waals surface area contributed by atoms with Gasteiger partial charge in [0.15, 0.2) is 0 Å². The third-order valence-electron chi connectivity index (χ3n) is 3.22. The second-order valence-electron chi connectivity index (χ2n) is 5.42. The van der Waals surface area contributed by atoms with Gasteiger partial charge in [0.25, 0.3) is 0 Å². The fourth-order valence-corrected chi connectivity index (χ4v) is 2.05. The number of amides is 2. The maximum Gasteiger partial charge on any atom is 0.326 e. The lowest BCUT2D eigenvalue weighted by Crippen LogP contribution is -2.47. The Morgan fingerprint density at radius 3 is 2.11 bits per heavy atom. The molecule has 0 fully saturated rings. The lowest BCUT2D eigenvalue weighted by atomic mass is 9.85. The average Bonchev–Trinajstić information content (AvgIpc) is 2.27. The number of carboxylic acid groups (broad SMARTS) is 1.